The topological polar surface area (TPSA) is 59.6 Å². The first-order chi connectivity index (χ1) is 13.0. The van der Waals surface area contributed by atoms with Crippen molar-refractivity contribution >= 4 is 44.9 Å². The van der Waals surface area contributed by atoms with Crippen molar-refractivity contribution in [2.45, 2.75) is 13.3 Å². The van der Waals surface area contributed by atoms with Crippen LogP contribution in [-0.2, 0) is 0 Å². The summed E-state index contributed by atoms with van der Waals surface area (Å²) in [5.74, 6) is 0.843. The van der Waals surface area contributed by atoms with Crippen LogP contribution in [0.25, 0.3) is 0 Å². The molecule has 7 heteroatoms. The van der Waals surface area contributed by atoms with E-state index < -0.39 is 0 Å². The monoisotopic (exact) mass is 448 g/mol. The number of ether oxygens (including phenoxy) is 2. The van der Waals surface area contributed by atoms with E-state index >= 15 is 0 Å². The van der Waals surface area contributed by atoms with Crippen LogP contribution >= 0.6 is 28.1 Å². The molecular weight excluding hydrogens is 428 g/mol. The quantitative estimate of drug-likeness (QED) is 0.442. The molecule has 0 aliphatic heterocycles. The van der Waals surface area contributed by atoms with E-state index in [4.69, 9.17) is 21.7 Å². The fourth-order valence-corrected chi connectivity index (χ4v) is 2.74. The van der Waals surface area contributed by atoms with Gasteiger partial charge in [0.05, 0.1) is 12.2 Å². The Kier molecular flexibility index (Phi) is 8.29. The summed E-state index contributed by atoms with van der Waals surface area (Å²) in [6, 6.07) is 12.6. The molecule has 0 aliphatic rings. The molecule has 2 aromatic carbocycles. The van der Waals surface area contributed by atoms with E-state index in [2.05, 4.69) is 33.1 Å². The molecule has 27 heavy (non-hydrogen) atoms. The van der Waals surface area contributed by atoms with E-state index in [-0.39, 0.29) is 11.0 Å². The summed E-state index contributed by atoms with van der Waals surface area (Å²) in [4.78, 5) is 12.6. The third kappa shape index (κ3) is 6.69. The molecule has 142 valence electrons. The molecule has 0 aromatic heterocycles. The molecule has 0 atom stereocenters. The molecule has 2 rings (SSSR count). The highest BCUT2D eigenvalue weighted by Crippen LogP contribution is 2.23. The highest BCUT2D eigenvalue weighted by Gasteiger charge is 2.15. The summed E-state index contributed by atoms with van der Waals surface area (Å²) in [5, 5.41) is 5.84. The first-order valence-electron chi connectivity index (χ1n) is 8.42. The number of benzene rings is 2. The highest BCUT2D eigenvalue weighted by molar-refractivity contribution is 9.10. The van der Waals surface area contributed by atoms with Gasteiger partial charge in [0.1, 0.15) is 18.1 Å². The van der Waals surface area contributed by atoms with E-state index in [0.29, 0.717) is 36.0 Å². The lowest BCUT2D eigenvalue weighted by molar-refractivity contribution is 0.0973. The van der Waals surface area contributed by atoms with Crippen molar-refractivity contribution < 1.29 is 14.3 Å². The van der Waals surface area contributed by atoms with E-state index in [9.17, 15) is 4.79 Å². The lowest BCUT2D eigenvalue weighted by Gasteiger charge is -2.13. The van der Waals surface area contributed by atoms with Crippen LogP contribution in [-0.4, -0.2) is 24.2 Å². The molecule has 0 spiro atoms. The zero-order valence-corrected chi connectivity index (χ0v) is 17.4. The Labute approximate surface area is 172 Å². The van der Waals surface area contributed by atoms with Gasteiger partial charge in [0.2, 0.25) is 0 Å². The number of carbonyl (C=O) groups excluding carboxylic acids is 1. The molecule has 0 fully saturated rings. The Morgan fingerprint density at radius 3 is 2.81 bits per heavy atom. The van der Waals surface area contributed by atoms with Gasteiger partial charge in [-0.25, -0.2) is 0 Å². The maximum atomic E-state index is 12.6. The Hall–Kier alpha value is -2.38. The van der Waals surface area contributed by atoms with Crippen molar-refractivity contribution in [1.29, 1.82) is 0 Å². The number of amides is 1. The van der Waals surface area contributed by atoms with Gasteiger partial charge < -0.3 is 14.8 Å². The average Bonchev–Trinajstić information content (AvgIpc) is 2.65. The average molecular weight is 449 g/mol. The van der Waals surface area contributed by atoms with E-state index in [1.165, 1.54) is 0 Å². The van der Waals surface area contributed by atoms with Gasteiger partial charge in [-0.1, -0.05) is 41.6 Å². The second-order valence-electron chi connectivity index (χ2n) is 5.52. The fourth-order valence-electron chi connectivity index (χ4n) is 2.17. The number of hydrogen-bond acceptors (Lipinski definition) is 4. The van der Waals surface area contributed by atoms with Gasteiger partial charge >= 0.3 is 0 Å². The van der Waals surface area contributed by atoms with Crippen molar-refractivity contribution in [2.24, 2.45) is 0 Å². The van der Waals surface area contributed by atoms with Crippen molar-refractivity contribution in [3.05, 3.63) is 65.2 Å². The number of anilines is 1. The minimum Gasteiger partial charge on any atom is -0.493 e. The van der Waals surface area contributed by atoms with Gasteiger partial charge in [-0.15, -0.1) is 0 Å². The summed E-state index contributed by atoms with van der Waals surface area (Å²) in [6.45, 7) is 6.56. The second-order valence-corrected chi connectivity index (χ2v) is 6.85. The van der Waals surface area contributed by atoms with Gasteiger partial charge in [0.15, 0.2) is 5.11 Å². The van der Waals surface area contributed by atoms with Crippen LogP contribution in [0.5, 0.6) is 11.5 Å². The van der Waals surface area contributed by atoms with Crippen molar-refractivity contribution in [3.63, 3.8) is 0 Å². The van der Waals surface area contributed by atoms with E-state index in [1.54, 1.807) is 24.3 Å². The molecule has 0 radical (unpaired) electrons. The predicted octanol–water partition coefficient (Wildman–Crippen LogP) is 4.93. The highest BCUT2D eigenvalue weighted by atomic mass is 79.9. The molecule has 2 aromatic rings. The van der Waals surface area contributed by atoms with Gasteiger partial charge in [0.25, 0.3) is 5.91 Å². The predicted molar refractivity (Wildman–Crippen MR) is 116 cm³/mol. The van der Waals surface area contributed by atoms with E-state index in [0.717, 1.165) is 10.9 Å². The molecule has 0 bridgehead atoms. The standard InChI is InChI=1S/C20H21BrN2O3S/c1-3-10-25-16-7-5-6-15(13-16)22-20(27)23-19(24)17-12-14(21)8-9-18(17)26-11-4-2/h3,5-9,12-13H,1,4,10-11H2,2H3,(H2,22,23,24,27). The summed E-state index contributed by atoms with van der Waals surface area (Å²) in [6.07, 6.45) is 2.52. The molecule has 2 N–H and O–H groups in total. The van der Waals surface area contributed by atoms with Crippen LogP contribution in [0.15, 0.2) is 59.6 Å². The van der Waals surface area contributed by atoms with Crippen LogP contribution in [0, 0.1) is 0 Å². The third-order valence-corrected chi connectivity index (χ3v) is 4.03. The second kappa shape index (κ2) is 10.7. The van der Waals surface area contributed by atoms with Gasteiger partial charge in [-0.05, 0) is 49.0 Å². The van der Waals surface area contributed by atoms with Crippen molar-refractivity contribution in [3.8, 4) is 11.5 Å². The van der Waals surface area contributed by atoms with Gasteiger partial charge in [0, 0.05) is 16.2 Å². The van der Waals surface area contributed by atoms with Crippen LogP contribution in [0.3, 0.4) is 0 Å². The first-order valence-corrected chi connectivity index (χ1v) is 9.62. The van der Waals surface area contributed by atoms with Crippen LogP contribution in [0.1, 0.15) is 23.7 Å². The van der Waals surface area contributed by atoms with Crippen LogP contribution < -0.4 is 20.1 Å². The van der Waals surface area contributed by atoms with Crippen molar-refractivity contribution in [1.82, 2.24) is 5.32 Å². The maximum Gasteiger partial charge on any atom is 0.261 e. The molecule has 0 heterocycles. The molecule has 0 unspecified atom stereocenters. The smallest absolute Gasteiger partial charge is 0.261 e. The zero-order chi connectivity index (χ0) is 19.6. The molecule has 0 aliphatic carbocycles. The fraction of sp³-hybridized carbons (Fsp3) is 0.200. The van der Waals surface area contributed by atoms with E-state index in [1.807, 2.05) is 31.2 Å². The molecule has 1 amide bonds. The summed E-state index contributed by atoms with van der Waals surface area (Å²) < 4.78 is 11.9. The zero-order valence-electron chi connectivity index (χ0n) is 15.0. The van der Waals surface area contributed by atoms with Crippen LogP contribution in [0.2, 0.25) is 0 Å². The number of hydrogen-bond donors (Lipinski definition) is 2. The molecule has 5 nitrogen and oxygen atoms in total. The Morgan fingerprint density at radius 2 is 2.07 bits per heavy atom. The molecular formula is C20H21BrN2O3S. The summed E-state index contributed by atoms with van der Waals surface area (Å²) in [5.41, 5.74) is 1.11. The Bertz CT molecular complexity index is 827. The first kappa shape index (κ1) is 20.9. The van der Waals surface area contributed by atoms with Crippen molar-refractivity contribution in [2.75, 3.05) is 18.5 Å². The molecule has 0 saturated carbocycles. The minimum atomic E-state index is -0.348. The SMILES string of the molecule is C=CCOc1cccc(NC(=S)NC(=O)c2cc(Br)ccc2OCCC)c1. The summed E-state index contributed by atoms with van der Waals surface area (Å²) in [7, 11) is 0. The summed E-state index contributed by atoms with van der Waals surface area (Å²) >= 11 is 8.63. The Morgan fingerprint density at radius 1 is 1.26 bits per heavy atom. The Balaban J connectivity index is 2.04. The molecule has 0 saturated heterocycles. The number of nitrogens with one attached hydrogen (secondary N) is 2. The number of carbonyl (C=O) groups is 1. The van der Waals surface area contributed by atoms with Gasteiger partial charge in [-0.3, -0.25) is 10.1 Å². The number of thiocarbonyl (C=S) groups is 1. The number of rotatable bonds is 8. The normalized spacial score (nSPS) is 10.0. The number of halogens is 1. The third-order valence-electron chi connectivity index (χ3n) is 3.33. The maximum absolute atomic E-state index is 12.6. The lowest BCUT2D eigenvalue weighted by atomic mass is 10.2. The largest absolute Gasteiger partial charge is 0.493 e. The van der Waals surface area contributed by atoms with Gasteiger partial charge in [-0.2, -0.15) is 0 Å². The lowest BCUT2D eigenvalue weighted by Crippen LogP contribution is -2.34. The van der Waals surface area contributed by atoms with Crippen LogP contribution in [0.4, 0.5) is 5.69 Å². The minimum absolute atomic E-state index is 0.183.